The van der Waals surface area contributed by atoms with Gasteiger partial charge in [-0.1, -0.05) is 43.1 Å². The third-order valence-corrected chi connectivity index (χ3v) is 5.30. The molecule has 0 radical (unpaired) electrons. The molecule has 0 spiro atoms. The van der Waals surface area contributed by atoms with E-state index in [1.54, 1.807) is 66.9 Å². The second-order valence-electron chi connectivity index (χ2n) is 8.42. The Kier molecular flexibility index (Phi) is 8.54. The van der Waals surface area contributed by atoms with E-state index in [2.05, 4.69) is 0 Å². The van der Waals surface area contributed by atoms with Crippen molar-refractivity contribution in [2.45, 2.75) is 52.2 Å². The first kappa shape index (κ1) is 25.2. The highest BCUT2D eigenvalue weighted by Crippen LogP contribution is 2.36. The largest absolute Gasteiger partial charge is 0.444 e. The summed E-state index contributed by atoms with van der Waals surface area (Å²) >= 11 is 12.3. The summed E-state index contributed by atoms with van der Waals surface area (Å²) in [5, 5.41) is 0.636. The molecule has 0 aromatic heterocycles. The van der Waals surface area contributed by atoms with Crippen molar-refractivity contribution >= 4 is 41.5 Å². The van der Waals surface area contributed by atoms with Crippen molar-refractivity contribution in [2.75, 3.05) is 20.6 Å². The lowest BCUT2D eigenvalue weighted by atomic mass is 9.84. The molecule has 1 rings (SSSR count). The minimum absolute atomic E-state index is 0.0591. The van der Waals surface area contributed by atoms with Crippen molar-refractivity contribution < 1.29 is 19.1 Å². The Labute approximate surface area is 183 Å². The molecule has 2 amide bonds. The summed E-state index contributed by atoms with van der Waals surface area (Å²) in [6.07, 6.45) is 0.0452. The monoisotopic (exact) mass is 444 g/mol. The lowest BCUT2D eigenvalue weighted by Gasteiger charge is -2.44. The Morgan fingerprint density at radius 2 is 1.72 bits per heavy atom. The van der Waals surface area contributed by atoms with Gasteiger partial charge in [-0.2, -0.15) is 0 Å². The average Bonchev–Trinajstić information content (AvgIpc) is 2.60. The van der Waals surface area contributed by atoms with Crippen LogP contribution in [0.1, 0.15) is 46.6 Å². The van der Waals surface area contributed by atoms with Crippen LogP contribution in [0.5, 0.6) is 0 Å². The van der Waals surface area contributed by atoms with Gasteiger partial charge in [0.05, 0.1) is 15.6 Å². The number of carbonyl (C=O) groups excluding carboxylic acids is 3. The van der Waals surface area contributed by atoms with Crippen LogP contribution in [0.2, 0.25) is 10.0 Å². The molecule has 0 saturated heterocycles. The van der Waals surface area contributed by atoms with Crippen LogP contribution in [0, 0.1) is 5.92 Å². The molecule has 6 nitrogen and oxygen atoms in total. The van der Waals surface area contributed by atoms with Crippen LogP contribution in [0.15, 0.2) is 18.2 Å². The van der Waals surface area contributed by atoms with Crippen molar-refractivity contribution in [1.29, 1.82) is 0 Å². The highest BCUT2D eigenvalue weighted by Gasteiger charge is 2.43. The van der Waals surface area contributed by atoms with Crippen LogP contribution in [-0.2, 0) is 19.9 Å². The minimum atomic E-state index is -1.18. The number of aldehydes is 1. The van der Waals surface area contributed by atoms with Crippen LogP contribution < -0.4 is 0 Å². The SMILES string of the molecule is CC(C)C(=O)N(C)C[C@](CC=O)(c1ccc(Cl)c(Cl)c1)N(C)C(=O)OC(C)(C)C. The fourth-order valence-corrected chi connectivity index (χ4v) is 3.35. The normalized spacial score (nSPS) is 13.6. The van der Waals surface area contributed by atoms with Gasteiger partial charge < -0.3 is 14.4 Å². The van der Waals surface area contributed by atoms with Crippen molar-refractivity contribution in [3.63, 3.8) is 0 Å². The number of rotatable bonds is 7. The van der Waals surface area contributed by atoms with Crippen molar-refractivity contribution in [2.24, 2.45) is 5.92 Å². The molecule has 0 saturated carbocycles. The predicted molar refractivity (Wildman–Crippen MR) is 115 cm³/mol. The molecule has 1 aromatic carbocycles. The van der Waals surface area contributed by atoms with E-state index in [0.717, 1.165) is 6.29 Å². The lowest BCUT2D eigenvalue weighted by molar-refractivity contribution is -0.135. The number of ether oxygens (including phenoxy) is 1. The number of hydrogen-bond acceptors (Lipinski definition) is 4. The molecule has 0 aliphatic carbocycles. The molecular formula is C21H30Cl2N2O4. The molecule has 0 aliphatic rings. The van der Waals surface area contributed by atoms with E-state index in [0.29, 0.717) is 10.6 Å². The number of carbonyl (C=O) groups is 3. The lowest BCUT2D eigenvalue weighted by Crippen LogP contribution is -2.55. The second kappa shape index (κ2) is 9.81. The zero-order valence-corrected chi connectivity index (χ0v) is 19.6. The van der Waals surface area contributed by atoms with Crippen LogP contribution in [0.3, 0.4) is 0 Å². The highest BCUT2D eigenvalue weighted by atomic mass is 35.5. The molecule has 1 aromatic rings. The summed E-state index contributed by atoms with van der Waals surface area (Å²) in [6, 6.07) is 4.92. The third-order valence-electron chi connectivity index (χ3n) is 4.56. The summed E-state index contributed by atoms with van der Waals surface area (Å²) in [5.41, 5.74) is -1.33. The van der Waals surface area contributed by atoms with E-state index in [4.69, 9.17) is 27.9 Å². The predicted octanol–water partition coefficient (Wildman–Crippen LogP) is 4.76. The average molecular weight is 445 g/mol. The molecule has 0 bridgehead atoms. The van der Waals surface area contributed by atoms with E-state index in [1.165, 1.54) is 9.80 Å². The van der Waals surface area contributed by atoms with Gasteiger partial charge in [0.1, 0.15) is 11.9 Å². The van der Waals surface area contributed by atoms with Crippen molar-refractivity contribution in [3.05, 3.63) is 33.8 Å². The number of nitrogens with zero attached hydrogens (tertiary/aromatic N) is 2. The van der Waals surface area contributed by atoms with Crippen molar-refractivity contribution in [1.82, 2.24) is 9.80 Å². The quantitative estimate of drug-likeness (QED) is 0.568. The maximum atomic E-state index is 12.9. The maximum Gasteiger partial charge on any atom is 0.410 e. The van der Waals surface area contributed by atoms with Gasteiger partial charge in [0, 0.05) is 33.0 Å². The smallest absolute Gasteiger partial charge is 0.410 e. The second-order valence-corrected chi connectivity index (χ2v) is 9.23. The number of benzene rings is 1. The minimum Gasteiger partial charge on any atom is -0.444 e. The summed E-state index contributed by atoms with van der Waals surface area (Å²) < 4.78 is 5.53. The van der Waals surface area contributed by atoms with Gasteiger partial charge in [-0.3, -0.25) is 9.69 Å². The van der Waals surface area contributed by atoms with Gasteiger partial charge in [-0.25, -0.2) is 4.79 Å². The number of hydrogen-bond donors (Lipinski definition) is 0. The molecule has 0 fully saturated rings. The van der Waals surface area contributed by atoms with Crippen LogP contribution in [-0.4, -0.2) is 54.3 Å². The first-order chi connectivity index (χ1) is 13.2. The summed E-state index contributed by atoms with van der Waals surface area (Å²) in [6.45, 7) is 8.93. The molecule has 0 N–H and O–H groups in total. The standard InChI is InChI=1S/C21H30Cl2N2O4/c1-14(2)18(27)24(6)13-21(10-11-26,15-8-9-16(22)17(23)12-15)25(7)19(28)29-20(3,4)5/h8-9,11-12,14H,10,13H2,1-7H3/t21-/m1/s1. The summed E-state index contributed by atoms with van der Waals surface area (Å²) in [7, 11) is 3.19. The van der Waals surface area contributed by atoms with Crippen molar-refractivity contribution in [3.8, 4) is 0 Å². The molecule has 1 atom stereocenters. The van der Waals surface area contributed by atoms with Gasteiger partial charge in [0.25, 0.3) is 0 Å². The summed E-state index contributed by atoms with van der Waals surface area (Å²) in [5.74, 6) is -0.354. The fraction of sp³-hybridized carbons (Fsp3) is 0.571. The van der Waals surface area contributed by atoms with Gasteiger partial charge >= 0.3 is 6.09 Å². The van der Waals surface area contributed by atoms with E-state index in [9.17, 15) is 14.4 Å². The van der Waals surface area contributed by atoms with E-state index >= 15 is 0 Å². The van der Waals surface area contributed by atoms with Gasteiger partial charge in [-0.15, -0.1) is 0 Å². The zero-order valence-electron chi connectivity index (χ0n) is 18.1. The van der Waals surface area contributed by atoms with Gasteiger partial charge in [-0.05, 0) is 38.5 Å². The fourth-order valence-electron chi connectivity index (χ4n) is 3.05. The molecular weight excluding hydrogens is 415 g/mol. The Bertz CT molecular complexity index is 762. The molecule has 0 unspecified atom stereocenters. The Morgan fingerprint density at radius 1 is 1.14 bits per heavy atom. The molecule has 29 heavy (non-hydrogen) atoms. The topological polar surface area (TPSA) is 66.9 Å². The molecule has 162 valence electrons. The van der Waals surface area contributed by atoms with E-state index < -0.39 is 17.2 Å². The van der Waals surface area contributed by atoms with Crippen LogP contribution in [0.25, 0.3) is 0 Å². The number of likely N-dealkylation sites (N-methyl/N-ethyl adjacent to an activating group) is 2. The van der Waals surface area contributed by atoms with Gasteiger partial charge in [0.2, 0.25) is 5.91 Å². The van der Waals surface area contributed by atoms with Gasteiger partial charge in [0.15, 0.2) is 0 Å². The first-order valence-electron chi connectivity index (χ1n) is 9.36. The highest BCUT2D eigenvalue weighted by molar-refractivity contribution is 6.42. The van der Waals surface area contributed by atoms with Crippen LogP contribution >= 0.6 is 23.2 Å². The number of amides is 2. The van der Waals surface area contributed by atoms with E-state index in [1.807, 2.05) is 0 Å². The molecule has 8 heteroatoms. The molecule has 0 heterocycles. The zero-order chi connectivity index (χ0) is 22.6. The van der Waals surface area contributed by atoms with Crippen LogP contribution in [0.4, 0.5) is 4.79 Å². The number of halogens is 2. The third kappa shape index (κ3) is 6.34. The maximum absolute atomic E-state index is 12.9. The Hall–Kier alpha value is -1.79. The Balaban J connectivity index is 3.57. The Morgan fingerprint density at radius 3 is 2.17 bits per heavy atom. The summed E-state index contributed by atoms with van der Waals surface area (Å²) in [4.78, 5) is 40.0. The van der Waals surface area contributed by atoms with E-state index in [-0.39, 0.29) is 29.8 Å². The molecule has 0 aliphatic heterocycles. The first-order valence-corrected chi connectivity index (χ1v) is 10.1.